The third-order valence-electron chi connectivity index (χ3n) is 3.31. The number of halogens is 1. The SMILES string of the molecule is O=C(O)c1cc2ccccc2nc1/C=C\c1ccccc1Cl. The number of hydrogen-bond donors (Lipinski definition) is 1. The summed E-state index contributed by atoms with van der Waals surface area (Å²) < 4.78 is 0. The molecule has 0 spiro atoms. The molecular formula is C18H12ClNO2. The van der Waals surface area contributed by atoms with E-state index in [1.807, 2.05) is 42.5 Å². The molecule has 0 aliphatic carbocycles. The number of para-hydroxylation sites is 1. The van der Waals surface area contributed by atoms with Crippen LogP contribution in [0.5, 0.6) is 0 Å². The Morgan fingerprint density at radius 3 is 2.55 bits per heavy atom. The zero-order chi connectivity index (χ0) is 15.5. The van der Waals surface area contributed by atoms with E-state index in [-0.39, 0.29) is 5.56 Å². The summed E-state index contributed by atoms with van der Waals surface area (Å²) in [7, 11) is 0. The summed E-state index contributed by atoms with van der Waals surface area (Å²) >= 11 is 6.10. The molecule has 108 valence electrons. The van der Waals surface area contributed by atoms with E-state index >= 15 is 0 Å². The summed E-state index contributed by atoms with van der Waals surface area (Å²) in [5.74, 6) is -1.00. The highest BCUT2D eigenvalue weighted by atomic mass is 35.5. The fourth-order valence-electron chi connectivity index (χ4n) is 2.21. The minimum atomic E-state index is -1.00. The van der Waals surface area contributed by atoms with E-state index in [9.17, 15) is 9.90 Å². The highest BCUT2D eigenvalue weighted by molar-refractivity contribution is 6.32. The van der Waals surface area contributed by atoms with Crippen LogP contribution in [0.4, 0.5) is 0 Å². The zero-order valence-electron chi connectivity index (χ0n) is 11.5. The van der Waals surface area contributed by atoms with Gasteiger partial charge in [0.1, 0.15) is 0 Å². The first-order chi connectivity index (χ1) is 10.6. The molecule has 0 saturated heterocycles. The zero-order valence-corrected chi connectivity index (χ0v) is 12.3. The fourth-order valence-corrected chi connectivity index (χ4v) is 2.41. The number of benzene rings is 2. The Labute approximate surface area is 132 Å². The normalized spacial score (nSPS) is 11.1. The summed E-state index contributed by atoms with van der Waals surface area (Å²) in [5.41, 5.74) is 2.15. The third-order valence-corrected chi connectivity index (χ3v) is 3.65. The van der Waals surface area contributed by atoms with Crippen LogP contribution in [0.3, 0.4) is 0 Å². The van der Waals surface area contributed by atoms with Gasteiger partial charge in [0.25, 0.3) is 0 Å². The molecule has 22 heavy (non-hydrogen) atoms. The predicted octanol–water partition coefficient (Wildman–Crippen LogP) is 4.76. The quantitative estimate of drug-likeness (QED) is 0.759. The van der Waals surface area contributed by atoms with Crippen molar-refractivity contribution in [2.45, 2.75) is 0 Å². The topological polar surface area (TPSA) is 50.2 Å². The van der Waals surface area contributed by atoms with Gasteiger partial charge in [0.05, 0.1) is 16.8 Å². The van der Waals surface area contributed by atoms with Gasteiger partial charge in [0.2, 0.25) is 0 Å². The van der Waals surface area contributed by atoms with Gasteiger partial charge in [0.15, 0.2) is 0 Å². The maximum Gasteiger partial charge on any atom is 0.337 e. The highest BCUT2D eigenvalue weighted by Gasteiger charge is 2.11. The lowest BCUT2D eigenvalue weighted by molar-refractivity contribution is 0.0696. The number of rotatable bonds is 3. The van der Waals surface area contributed by atoms with Crippen LogP contribution >= 0.6 is 11.6 Å². The molecule has 0 unspecified atom stereocenters. The number of hydrogen-bond acceptors (Lipinski definition) is 2. The van der Waals surface area contributed by atoms with Gasteiger partial charge in [0, 0.05) is 10.4 Å². The molecule has 1 N–H and O–H groups in total. The number of nitrogens with zero attached hydrogens (tertiary/aromatic N) is 1. The third kappa shape index (κ3) is 2.85. The van der Waals surface area contributed by atoms with E-state index in [4.69, 9.17) is 11.6 Å². The number of aromatic carboxylic acids is 1. The molecule has 3 aromatic rings. The van der Waals surface area contributed by atoms with Crippen molar-refractivity contribution in [3.63, 3.8) is 0 Å². The minimum absolute atomic E-state index is 0.169. The molecular weight excluding hydrogens is 298 g/mol. The monoisotopic (exact) mass is 309 g/mol. The van der Waals surface area contributed by atoms with E-state index < -0.39 is 5.97 Å². The molecule has 2 aromatic carbocycles. The molecule has 0 saturated carbocycles. The first-order valence-electron chi connectivity index (χ1n) is 6.71. The molecule has 1 heterocycles. The van der Waals surface area contributed by atoms with Crippen LogP contribution < -0.4 is 0 Å². The highest BCUT2D eigenvalue weighted by Crippen LogP contribution is 2.21. The van der Waals surface area contributed by atoms with Gasteiger partial charge in [-0.2, -0.15) is 0 Å². The molecule has 0 radical (unpaired) electrons. The molecule has 0 aliphatic rings. The summed E-state index contributed by atoms with van der Waals surface area (Å²) in [6.07, 6.45) is 3.45. The predicted molar refractivity (Wildman–Crippen MR) is 89.1 cm³/mol. The van der Waals surface area contributed by atoms with Gasteiger partial charge in [-0.25, -0.2) is 9.78 Å². The second-order valence-electron chi connectivity index (χ2n) is 4.77. The van der Waals surface area contributed by atoms with Crippen molar-refractivity contribution in [1.29, 1.82) is 0 Å². The van der Waals surface area contributed by atoms with Crippen molar-refractivity contribution in [3.05, 3.63) is 76.4 Å². The summed E-state index contributed by atoms with van der Waals surface area (Å²) in [5, 5.41) is 10.8. The number of carboxylic acids is 1. The smallest absolute Gasteiger partial charge is 0.337 e. The lowest BCUT2D eigenvalue weighted by Gasteiger charge is -2.04. The van der Waals surface area contributed by atoms with Gasteiger partial charge in [-0.1, -0.05) is 54.1 Å². The minimum Gasteiger partial charge on any atom is -0.478 e. The van der Waals surface area contributed by atoms with E-state index in [0.717, 1.165) is 16.5 Å². The number of carboxylic acid groups (broad SMARTS) is 1. The van der Waals surface area contributed by atoms with Gasteiger partial charge >= 0.3 is 5.97 Å². The molecule has 3 nitrogen and oxygen atoms in total. The van der Waals surface area contributed by atoms with Crippen molar-refractivity contribution in [1.82, 2.24) is 4.98 Å². The lowest BCUT2D eigenvalue weighted by Crippen LogP contribution is -2.02. The van der Waals surface area contributed by atoms with Crippen LogP contribution in [0.1, 0.15) is 21.6 Å². The standard InChI is InChI=1S/C18H12ClNO2/c19-15-7-3-1-5-12(15)9-10-17-14(18(21)22)11-13-6-2-4-8-16(13)20-17/h1-11H,(H,21,22)/b10-9-. The maximum atomic E-state index is 11.4. The van der Waals surface area contributed by atoms with Gasteiger partial charge in [-0.05, 0) is 29.8 Å². The van der Waals surface area contributed by atoms with Crippen LogP contribution in [0.25, 0.3) is 23.1 Å². The number of aromatic nitrogens is 1. The van der Waals surface area contributed by atoms with Crippen LogP contribution in [-0.4, -0.2) is 16.1 Å². The molecule has 0 amide bonds. The second-order valence-corrected chi connectivity index (χ2v) is 5.18. The summed E-state index contributed by atoms with van der Waals surface area (Å²) in [6, 6.07) is 16.4. The number of carbonyl (C=O) groups is 1. The average Bonchev–Trinajstić information content (AvgIpc) is 2.53. The average molecular weight is 310 g/mol. The molecule has 4 heteroatoms. The van der Waals surface area contributed by atoms with Gasteiger partial charge in [-0.15, -0.1) is 0 Å². The molecule has 0 fully saturated rings. The first kappa shape index (κ1) is 14.3. The molecule has 0 bridgehead atoms. The molecule has 3 rings (SSSR count). The van der Waals surface area contributed by atoms with Crippen LogP contribution in [0, 0.1) is 0 Å². The lowest BCUT2D eigenvalue weighted by atomic mass is 10.1. The Morgan fingerprint density at radius 2 is 1.77 bits per heavy atom. The van der Waals surface area contributed by atoms with E-state index in [2.05, 4.69) is 4.98 Å². The number of pyridine rings is 1. The fraction of sp³-hybridized carbons (Fsp3) is 0. The van der Waals surface area contributed by atoms with Gasteiger partial charge in [-0.3, -0.25) is 0 Å². The molecule has 0 atom stereocenters. The maximum absolute atomic E-state index is 11.4. The van der Waals surface area contributed by atoms with Crippen LogP contribution in [0.15, 0.2) is 54.6 Å². The Hall–Kier alpha value is -2.65. The van der Waals surface area contributed by atoms with Crippen molar-refractivity contribution < 1.29 is 9.90 Å². The van der Waals surface area contributed by atoms with Gasteiger partial charge < -0.3 is 5.11 Å². The van der Waals surface area contributed by atoms with E-state index in [1.165, 1.54) is 0 Å². The van der Waals surface area contributed by atoms with Crippen molar-refractivity contribution >= 4 is 40.6 Å². The van der Waals surface area contributed by atoms with E-state index in [1.54, 1.807) is 24.3 Å². The Balaban J connectivity index is 2.11. The first-order valence-corrected chi connectivity index (χ1v) is 7.08. The van der Waals surface area contributed by atoms with Crippen LogP contribution in [-0.2, 0) is 0 Å². The molecule has 1 aromatic heterocycles. The van der Waals surface area contributed by atoms with Crippen molar-refractivity contribution in [2.75, 3.05) is 0 Å². The Morgan fingerprint density at radius 1 is 1.05 bits per heavy atom. The van der Waals surface area contributed by atoms with E-state index in [0.29, 0.717) is 10.7 Å². The van der Waals surface area contributed by atoms with Crippen molar-refractivity contribution in [3.8, 4) is 0 Å². The largest absolute Gasteiger partial charge is 0.478 e. The Bertz CT molecular complexity index is 887. The molecule has 0 aliphatic heterocycles. The summed E-state index contributed by atoms with van der Waals surface area (Å²) in [6.45, 7) is 0. The van der Waals surface area contributed by atoms with Crippen molar-refractivity contribution in [2.24, 2.45) is 0 Å². The second kappa shape index (κ2) is 6.00. The summed E-state index contributed by atoms with van der Waals surface area (Å²) in [4.78, 5) is 15.9. The Kier molecular flexibility index (Phi) is 3.90. The van der Waals surface area contributed by atoms with Crippen LogP contribution in [0.2, 0.25) is 5.02 Å². The number of fused-ring (bicyclic) bond motifs is 1.